The first kappa shape index (κ1) is 14.6. The SMILES string of the molecule is Cc1cccc(CNC(=O)N2C(C)SCC2C(=O)O)n1. The summed E-state index contributed by atoms with van der Waals surface area (Å²) >= 11 is 1.46. The van der Waals surface area contributed by atoms with Gasteiger partial charge in [-0.15, -0.1) is 11.8 Å². The standard InChI is InChI=1S/C13H17N3O3S/c1-8-4-3-5-10(15-8)6-14-13(19)16-9(2)20-7-11(16)12(17)18/h3-5,9,11H,6-7H2,1-2H3,(H,14,19)(H,17,18). The Hall–Kier alpha value is -1.76. The van der Waals surface area contributed by atoms with Crippen molar-refractivity contribution in [3.63, 3.8) is 0 Å². The fourth-order valence-electron chi connectivity index (χ4n) is 2.10. The lowest BCUT2D eigenvalue weighted by Crippen LogP contribution is -2.49. The van der Waals surface area contributed by atoms with Gasteiger partial charge in [-0.1, -0.05) is 6.07 Å². The summed E-state index contributed by atoms with van der Waals surface area (Å²) in [5.74, 6) is -0.544. The van der Waals surface area contributed by atoms with Gasteiger partial charge in [0.25, 0.3) is 0 Å². The van der Waals surface area contributed by atoms with Crippen molar-refractivity contribution in [2.45, 2.75) is 31.8 Å². The molecule has 108 valence electrons. The van der Waals surface area contributed by atoms with Gasteiger partial charge in [0.15, 0.2) is 0 Å². The Balaban J connectivity index is 1.99. The maximum atomic E-state index is 12.1. The third-order valence-corrected chi connectivity index (χ3v) is 4.33. The highest BCUT2D eigenvalue weighted by molar-refractivity contribution is 8.00. The van der Waals surface area contributed by atoms with E-state index < -0.39 is 12.0 Å². The molecule has 0 bridgehead atoms. The number of aryl methyl sites for hydroxylation is 1. The fraction of sp³-hybridized carbons (Fsp3) is 0.462. The van der Waals surface area contributed by atoms with E-state index >= 15 is 0 Å². The number of rotatable bonds is 3. The lowest BCUT2D eigenvalue weighted by atomic mass is 10.3. The number of pyridine rings is 1. The molecular formula is C13H17N3O3S. The number of aromatic nitrogens is 1. The normalized spacial score (nSPS) is 21.8. The first-order chi connectivity index (χ1) is 9.49. The largest absolute Gasteiger partial charge is 0.480 e. The third kappa shape index (κ3) is 3.22. The smallest absolute Gasteiger partial charge is 0.327 e. The first-order valence-electron chi connectivity index (χ1n) is 6.32. The van der Waals surface area contributed by atoms with Crippen molar-refractivity contribution in [2.75, 3.05) is 5.75 Å². The zero-order valence-electron chi connectivity index (χ0n) is 11.4. The van der Waals surface area contributed by atoms with Crippen LogP contribution in [0.3, 0.4) is 0 Å². The molecule has 2 atom stereocenters. The van der Waals surface area contributed by atoms with E-state index in [1.54, 1.807) is 0 Å². The molecule has 2 N–H and O–H groups in total. The van der Waals surface area contributed by atoms with E-state index in [1.165, 1.54) is 16.7 Å². The average molecular weight is 295 g/mol. The van der Waals surface area contributed by atoms with Crippen molar-refractivity contribution < 1.29 is 14.7 Å². The van der Waals surface area contributed by atoms with Crippen molar-refractivity contribution >= 4 is 23.8 Å². The van der Waals surface area contributed by atoms with Crippen LogP contribution in [0.15, 0.2) is 18.2 Å². The number of amides is 2. The van der Waals surface area contributed by atoms with E-state index in [4.69, 9.17) is 5.11 Å². The molecule has 1 aliphatic heterocycles. The molecule has 2 unspecified atom stereocenters. The number of carbonyl (C=O) groups excluding carboxylic acids is 1. The van der Waals surface area contributed by atoms with Crippen LogP contribution in [-0.4, -0.2) is 44.2 Å². The van der Waals surface area contributed by atoms with Gasteiger partial charge in [-0.2, -0.15) is 0 Å². The maximum absolute atomic E-state index is 12.1. The van der Waals surface area contributed by atoms with Crippen molar-refractivity contribution in [1.82, 2.24) is 15.2 Å². The van der Waals surface area contributed by atoms with Gasteiger partial charge in [0.05, 0.1) is 17.6 Å². The average Bonchev–Trinajstić information content (AvgIpc) is 2.78. The topological polar surface area (TPSA) is 82.5 Å². The van der Waals surface area contributed by atoms with Gasteiger partial charge in [0.2, 0.25) is 0 Å². The second-order valence-corrected chi connectivity index (χ2v) is 5.97. The lowest BCUT2D eigenvalue weighted by molar-refractivity contribution is -0.141. The minimum absolute atomic E-state index is 0.137. The number of urea groups is 1. The summed E-state index contributed by atoms with van der Waals surface area (Å²) < 4.78 is 0. The van der Waals surface area contributed by atoms with Crippen LogP contribution in [-0.2, 0) is 11.3 Å². The molecule has 1 fully saturated rings. The maximum Gasteiger partial charge on any atom is 0.327 e. The number of thioether (sulfide) groups is 1. The summed E-state index contributed by atoms with van der Waals surface area (Å²) in [5, 5.41) is 11.7. The quantitative estimate of drug-likeness (QED) is 0.882. The minimum atomic E-state index is -0.967. The summed E-state index contributed by atoms with van der Waals surface area (Å²) in [6, 6.07) is 4.45. The second kappa shape index (κ2) is 6.13. The molecule has 1 aromatic heterocycles. The van der Waals surface area contributed by atoms with Gasteiger partial charge in [-0.25, -0.2) is 9.59 Å². The Morgan fingerprint density at radius 2 is 2.30 bits per heavy atom. The molecule has 2 rings (SSSR count). The number of carboxylic acids is 1. The van der Waals surface area contributed by atoms with E-state index in [-0.39, 0.29) is 11.4 Å². The minimum Gasteiger partial charge on any atom is -0.480 e. The number of aliphatic carboxylic acids is 1. The third-order valence-electron chi connectivity index (χ3n) is 3.11. The number of hydrogen-bond acceptors (Lipinski definition) is 4. The van der Waals surface area contributed by atoms with E-state index in [2.05, 4.69) is 10.3 Å². The van der Waals surface area contributed by atoms with Gasteiger partial charge in [-0.05, 0) is 26.0 Å². The Morgan fingerprint density at radius 3 is 2.95 bits per heavy atom. The van der Waals surface area contributed by atoms with Crippen LogP contribution in [0, 0.1) is 6.92 Å². The molecule has 6 nitrogen and oxygen atoms in total. The van der Waals surface area contributed by atoms with Crippen molar-refractivity contribution in [3.05, 3.63) is 29.6 Å². The molecule has 7 heteroatoms. The first-order valence-corrected chi connectivity index (χ1v) is 7.37. The van der Waals surface area contributed by atoms with Crippen LogP contribution >= 0.6 is 11.8 Å². The highest BCUT2D eigenvalue weighted by atomic mass is 32.2. The number of carboxylic acid groups (broad SMARTS) is 1. The molecule has 0 aromatic carbocycles. The molecule has 0 saturated carbocycles. The molecule has 2 heterocycles. The Labute approximate surface area is 121 Å². The highest BCUT2D eigenvalue weighted by Crippen LogP contribution is 2.28. The van der Waals surface area contributed by atoms with Crippen molar-refractivity contribution in [1.29, 1.82) is 0 Å². The summed E-state index contributed by atoms with van der Waals surface area (Å²) in [4.78, 5) is 28.9. The molecule has 0 spiro atoms. The number of hydrogen-bond donors (Lipinski definition) is 2. The van der Waals surface area contributed by atoms with Crippen LogP contribution in [0.4, 0.5) is 4.79 Å². The van der Waals surface area contributed by atoms with E-state index in [9.17, 15) is 9.59 Å². The number of carbonyl (C=O) groups is 2. The zero-order chi connectivity index (χ0) is 14.7. The molecular weight excluding hydrogens is 278 g/mol. The zero-order valence-corrected chi connectivity index (χ0v) is 12.2. The summed E-state index contributed by atoms with van der Waals surface area (Å²) in [5.41, 5.74) is 1.63. The van der Waals surface area contributed by atoms with Gasteiger partial charge >= 0.3 is 12.0 Å². The van der Waals surface area contributed by atoms with Crippen molar-refractivity contribution in [3.8, 4) is 0 Å². The Bertz CT molecular complexity index is 523. The Morgan fingerprint density at radius 1 is 1.55 bits per heavy atom. The summed E-state index contributed by atoms with van der Waals surface area (Å²) in [7, 11) is 0. The Kier molecular flexibility index (Phi) is 4.49. The monoisotopic (exact) mass is 295 g/mol. The molecule has 1 aromatic rings. The number of nitrogens with one attached hydrogen (secondary N) is 1. The molecule has 2 amide bonds. The predicted octanol–water partition coefficient (Wildman–Crippen LogP) is 1.45. The summed E-state index contributed by atoms with van der Waals surface area (Å²) in [6.07, 6.45) is 0. The number of nitrogens with zero attached hydrogens (tertiary/aromatic N) is 2. The van der Waals surface area contributed by atoms with Crippen LogP contribution in [0.1, 0.15) is 18.3 Å². The van der Waals surface area contributed by atoms with Gasteiger partial charge in [-0.3, -0.25) is 9.88 Å². The van der Waals surface area contributed by atoms with E-state index in [0.29, 0.717) is 12.3 Å². The summed E-state index contributed by atoms with van der Waals surface area (Å²) in [6.45, 7) is 4.00. The van der Waals surface area contributed by atoms with Crippen LogP contribution in [0.2, 0.25) is 0 Å². The van der Waals surface area contributed by atoms with E-state index in [0.717, 1.165) is 11.4 Å². The molecule has 20 heavy (non-hydrogen) atoms. The van der Waals surface area contributed by atoms with Crippen molar-refractivity contribution in [2.24, 2.45) is 0 Å². The van der Waals surface area contributed by atoms with Crippen LogP contribution in [0.5, 0.6) is 0 Å². The van der Waals surface area contributed by atoms with E-state index in [1.807, 2.05) is 32.0 Å². The van der Waals surface area contributed by atoms with Crippen LogP contribution < -0.4 is 5.32 Å². The molecule has 1 saturated heterocycles. The molecule has 0 radical (unpaired) electrons. The fourth-order valence-corrected chi connectivity index (χ4v) is 3.26. The molecule has 0 aliphatic carbocycles. The highest BCUT2D eigenvalue weighted by Gasteiger charge is 2.39. The second-order valence-electron chi connectivity index (χ2n) is 4.62. The lowest BCUT2D eigenvalue weighted by Gasteiger charge is -2.25. The van der Waals surface area contributed by atoms with Gasteiger partial charge in [0, 0.05) is 11.4 Å². The van der Waals surface area contributed by atoms with Gasteiger partial charge < -0.3 is 10.4 Å². The molecule has 1 aliphatic rings. The van der Waals surface area contributed by atoms with Gasteiger partial charge in [0.1, 0.15) is 6.04 Å². The predicted molar refractivity (Wildman–Crippen MR) is 76.4 cm³/mol. The van der Waals surface area contributed by atoms with Crippen LogP contribution in [0.25, 0.3) is 0 Å².